The number of carbonyl (C=O) groups is 2. The zero-order valence-electron chi connectivity index (χ0n) is 11.1. The van der Waals surface area contributed by atoms with Crippen molar-refractivity contribution in [2.24, 2.45) is 5.92 Å². The Labute approximate surface area is 108 Å². The van der Waals surface area contributed by atoms with Crippen molar-refractivity contribution in [3.63, 3.8) is 0 Å². The number of carbonyl (C=O) groups excluding carboxylic acids is 1. The molecule has 1 rings (SSSR count). The van der Waals surface area contributed by atoms with E-state index >= 15 is 0 Å². The number of rotatable bonds is 4. The van der Waals surface area contributed by atoms with Crippen LogP contribution in [0.3, 0.4) is 0 Å². The summed E-state index contributed by atoms with van der Waals surface area (Å²) in [5, 5.41) is 14.3. The van der Waals surface area contributed by atoms with Gasteiger partial charge in [0.1, 0.15) is 0 Å². The fourth-order valence-corrected chi connectivity index (χ4v) is 2.17. The minimum atomic E-state index is -0.888. The number of carboxylic acid groups (broad SMARTS) is 1. The molecule has 5 heteroatoms. The number of hydrogen-bond donors (Lipinski definition) is 3. The molecule has 0 aliphatic heterocycles. The molecule has 104 valence electrons. The average molecular weight is 256 g/mol. The summed E-state index contributed by atoms with van der Waals surface area (Å²) in [4.78, 5) is 22.2. The first kappa shape index (κ1) is 14.8. The Morgan fingerprint density at radius 3 is 2.28 bits per heavy atom. The highest BCUT2D eigenvalue weighted by molar-refractivity contribution is 5.75. The van der Waals surface area contributed by atoms with Crippen LogP contribution < -0.4 is 10.6 Å². The van der Waals surface area contributed by atoms with Crippen molar-refractivity contribution >= 4 is 12.0 Å². The number of carboxylic acids is 1. The van der Waals surface area contributed by atoms with Gasteiger partial charge in [0.05, 0.1) is 5.92 Å². The van der Waals surface area contributed by atoms with Gasteiger partial charge in [-0.3, -0.25) is 4.79 Å². The summed E-state index contributed by atoms with van der Waals surface area (Å²) < 4.78 is 0. The predicted molar refractivity (Wildman–Crippen MR) is 69.4 cm³/mol. The van der Waals surface area contributed by atoms with E-state index < -0.39 is 11.9 Å². The van der Waals surface area contributed by atoms with Crippen LogP contribution in [0.25, 0.3) is 0 Å². The smallest absolute Gasteiger partial charge is 0.315 e. The SMILES string of the molecule is CC(CNC(=O)NC1CCCCCCC1)C(=O)O. The van der Waals surface area contributed by atoms with Crippen LogP contribution in [-0.4, -0.2) is 29.7 Å². The fraction of sp³-hybridized carbons (Fsp3) is 0.846. The van der Waals surface area contributed by atoms with E-state index in [2.05, 4.69) is 10.6 Å². The van der Waals surface area contributed by atoms with Gasteiger partial charge in [0.15, 0.2) is 0 Å². The van der Waals surface area contributed by atoms with Crippen LogP contribution in [0.15, 0.2) is 0 Å². The molecule has 1 saturated carbocycles. The normalized spacial score (nSPS) is 19.4. The quantitative estimate of drug-likeness (QED) is 0.721. The van der Waals surface area contributed by atoms with Crippen molar-refractivity contribution in [3.8, 4) is 0 Å². The maximum Gasteiger partial charge on any atom is 0.315 e. The van der Waals surface area contributed by atoms with E-state index in [9.17, 15) is 9.59 Å². The van der Waals surface area contributed by atoms with Gasteiger partial charge in [-0.2, -0.15) is 0 Å². The molecule has 0 heterocycles. The molecule has 18 heavy (non-hydrogen) atoms. The summed E-state index contributed by atoms with van der Waals surface area (Å²) in [5.74, 6) is -1.44. The number of aliphatic carboxylic acids is 1. The Balaban J connectivity index is 2.23. The molecule has 0 aromatic heterocycles. The van der Waals surface area contributed by atoms with Gasteiger partial charge in [-0.15, -0.1) is 0 Å². The molecule has 2 amide bonds. The summed E-state index contributed by atoms with van der Waals surface area (Å²) in [6.45, 7) is 1.76. The maximum atomic E-state index is 11.6. The lowest BCUT2D eigenvalue weighted by Gasteiger charge is -2.21. The first-order chi connectivity index (χ1) is 8.59. The van der Waals surface area contributed by atoms with Crippen LogP contribution in [0.4, 0.5) is 4.79 Å². The van der Waals surface area contributed by atoms with Gasteiger partial charge in [0.2, 0.25) is 0 Å². The van der Waals surface area contributed by atoms with E-state index in [1.807, 2.05) is 0 Å². The number of amides is 2. The van der Waals surface area contributed by atoms with Crippen molar-refractivity contribution < 1.29 is 14.7 Å². The summed E-state index contributed by atoms with van der Waals surface area (Å²) in [6.07, 6.45) is 8.18. The van der Waals surface area contributed by atoms with Crippen molar-refractivity contribution in [3.05, 3.63) is 0 Å². The van der Waals surface area contributed by atoms with Crippen molar-refractivity contribution in [2.45, 2.75) is 57.9 Å². The zero-order valence-corrected chi connectivity index (χ0v) is 11.1. The van der Waals surface area contributed by atoms with Crippen LogP contribution in [-0.2, 0) is 4.79 Å². The summed E-state index contributed by atoms with van der Waals surface area (Å²) >= 11 is 0. The first-order valence-corrected chi connectivity index (χ1v) is 6.86. The Hall–Kier alpha value is -1.26. The van der Waals surface area contributed by atoms with Gasteiger partial charge < -0.3 is 15.7 Å². The molecule has 1 aliphatic rings. The van der Waals surface area contributed by atoms with Gasteiger partial charge in [0, 0.05) is 12.6 Å². The lowest BCUT2D eigenvalue weighted by molar-refractivity contribution is -0.140. The standard InChI is InChI=1S/C13H24N2O3/c1-10(12(16)17)9-14-13(18)15-11-7-5-3-2-4-6-8-11/h10-11H,2-9H2,1H3,(H,16,17)(H2,14,15,18). The van der Waals surface area contributed by atoms with E-state index in [4.69, 9.17) is 5.11 Å². The fourth-order valence-electron chi connectivity index (χ4n) is 2.17. The molecule has 1 fully saturated rings. The van der Waals surface area contributed by atoms with Gasteiger partial charge in [-0.05, 0) is 12.8 Å². The number of urea groups is 1. The minimum absolute atomic E-state index is 0.174. The average Bonchev–Trinajstić information content (AvgIpc) is 2.29. The highest BCUT2D eigenvalue weighted by Crippen LogP contribution is 2.16. The molecule has 0 radical (unpaired) electrons. The van der Waals surface area contributed by atoms with Gasteiger partial charge >= 0.3 is 12.0 Å². The van der Waals surface area contributed by atoms with Crippen molar-refractivity contribution in [2.75, 3.05) is 6.54 Å². The highest BCUT2D eigenvalue weighted by Gasteiger charge is 2.15. The lowest BCUT2D eigenvalue weighted by atomic mass is 9.97. The molecular formula is C13H24N2O3. The molecular weight excluding hydrogens is 232 g/mol. The molecule has 0 saturated heterocycles. The Kier molecular flexibility index (Phi) is 6.54. The predicted octanol–water partition coefficient (Wildman–Crippen LogP) is 2.12. The van der Waals surface area contributed by atoms with E-state index in [1.165, 1.54) is 19.3 Å². The first-order valence-electron chi connectivity index (χ1n) is 6.86. The van der Waals surface area contributed by atoms with E-state index in [0.717, 1.165) is 25.7 Å². The molecule has 0 bridgehead atoms. The van der Waals surface area contributed by atoms with Crippen LogP contribution in [0.5, 0.6) is 0 Å². The summed E-state index contributed by atoms with van der Waals surface area (Å²) in [7, 11) is 0. The molecule has 1 atom stereocenters. The summed E-state index contributed by atoms with van der Waals surface area (Å²) in [6, 6.07) is -0.000826. The van der Waals surface area contributed by atoms with Crippen LogP contribution in [0.2, 0.25) is 0 Å². The monoisotopic (exact) mass is 256 g/mol. The topological polar surface area (TPSA) is 78.4 Å². The highest BCUT2D eigenvalue weighted by atomic mass is 16.4. The van der Waals surface area contributed by atoms with E-state index in [1.54, 1.807) is 6.92 Å². The third-order valence-electron chi connectivity index (χ3n) is 3.43. The largest absolute Gasteiger partial charge is 0.481 e. The molecule has 1 unspecified atom stereocenters. The molecule has 1 aliphatic carbocycles. The van der Waals surface area contributed by atoms with Crippen molar-refractivity contribution in [1.29, 1.82) is 0 Å². The number of nitrogens with one attached hydrogen (secondary N) is 2. The minimum Gasteiger partial charge on any atom is -0.481 e. The Morgan fingerprint density at radius 1 is 1.17 bits per heavy atom. The Bertz CT molecular complexity index is 273. The second-order valence-corrected chi connectivity index (χ2v) is 5.14. The third-order valence-corrected chi connectivity index (χ3v) is 3.43. The molecule has 0 aromatic carbocycles. The van der Waals surface area contributed by atoms with Crippen molar-refractivity contribution in [1.82, 2.24) is 10.6 Å². The van der Waals surface area contributed by atoms with Crippen LogP contribution in [0.1, 0.15) is 51.9 Å². The second kappa shape index (κ2) is 7.95. The third kappa shape index (κ3) is 5.89. The van der Waals surface area contributed by atoms with Crippen LogP contribution >= 0.6 is 0 Å². The van der Waals surface area contributed by atoms with Gasteiger partial charge in [0.25, 0.3) is 0 Å². The molecule has 0 spiro atoms. The van der Waals surface area contributed by atoms with E-state index in [0.29, 0.717) is 0 Å². The van der Waals surface area contributed by atoms with Crippen LogP contribution in [0, 0.1) is 5.92 Å². The lowest BCUT2D eigenvalue weighted by Crippen LogP contribution is -2.44. The van der Waals surface area contributed by atoms with Gasteiger partial charge in [-0.1, -0.05) is 39.0 Å². The Morgan fingerprint density at radius 2 is 1.72 bits per heavy atom. The summed E-state index contributed by atoms with van der Waals surface area (Å²) in [5.41, 5.74) is 0. The zero-order chi connectivity index (χ0) is 13.4. The number of hydrogen-bond acceptors (Lipinski definition) is 2. The van der Waals surface area contributed by atoms with E-state index in [-0.39, 0.29) is 18.6 Å². The molecule has 0 aromatic rings. The maximum absolute atomic E-state index is 11.6. The molecule has 5 nitrogen and oxygen atoms in total. The second-order valence-electron chi connectivity index (χ2n) is 5.14. The molecule has 3 N–H and O–H groups in total. The van der Waals surface area contributed by atoms with Gasteiger partial charge in [-0.25, -0.2) is 4.79 Å².